The standard InChI is InChI=1S/C13H9ClN2O2S/c14-13-16-7-10(19-13)6-15-9-2-3-11-8(5-9)1-4-12(17)18-11/h1-5,7,15H,6H2. The lowest BCUT2D eigenvalue weighted by molar-refractivity contribution is 0.561. The summed E-state index contributed by atoms with van der Waals surface area (Å²) in [5.74, 6) is 0. The molecule has 3 rings (SSSR count). The number of nitrogens with zero attached hydrogens (tertiary/aromatic N) is 1. The topological polar surface area (TPSA) is 55.1 Å². The van der Waals surface area contributed by atoms with E-state index in [1.807, 2.05) is 12.1 Å². The van der Waals surface area contributed by atoms with Gasteiger partial charge in [-0.1, -0.05) is 11.6 Å². The van der Waals surface area contributed by atoms with E-state index in [1.54, 1.807) is 18.3 Å². The Labute approximate surface area is 117 Å². The van der Waals surface area contributed by atoms with Gasteiger partial charge in [0.2, 0.25) is 0 Å². The van der Waals surface area contributed by atoms with Crippen molar-refractivity contribution in [1.29, 1.82) is 0 Å². The van der Waals surface area contributed by atoms with Gasteiger partial charge in [0, 0.05) is 28.2 Å². The number of thiazole rings is 1. The quantitative estimate of drug-likeness (QED) is 0.751. The molecule has 1 aromatic carbocycles. The number of hydrogen-bond acceptors (Lipinski definition) is 5. The first-order chi connectivity index (χ1) is 9.20. The minimum Gasteiger partial charge on any atom is -0.423 e. The first kappa shape index (κ1) is 12.2. The molecule has 0 atom stereocenters. The third-order valence-corrected chi connectivity index (χ3v) is 3.73. The van der Waals surface area contributed by atoms with E-state index in [2.05, 4.69) is 10.3 Å². The summed E-state index contributed by atoms with van der Waals surface area (Å²) in [7, 11) is 0. The monoisotopic (exact) mass is 292 g/mol. The van der Waals surface area contributed by atoms with Crippen molar-refractivity contribution in [2.24, 2.45) is 0 Å². The van der Waals surface area contributed by atoms with Gasteiger partial charge < -0.3 is 9.73 Å². The molecule has 0 aliphatic carbocycles. The minimum absolute atomic E-state index is 0.340. The van der Waals surface area contributed by atoms with Gasteiger partial charge >= 0.3 is 5.63 Å². The number of rotatable bonds is 3. The Morgan fingerprint density at radius 1 is 1.32 bits per heavy atom. The molecule has 0 saturated heterocycles. The molecule has 0 unspecified atom stereocenters. The van der Waals surface area contributed by atoms with Crippen molar-refractivity contribution in [1.82, 2.24) is 4.98 Å². The lowest BCUT2D eigenvalue weighted by Gasteiger charge is -2.05. The molecule has 3 aromatic rings. The van der Waals surface area contributed by atoms with E-state index in [0.717, 1.165) is 16.0 Å². The number of fused-ring (bicyclic) bond motifs is 1. The van der Waals surface area contributed by atoms with Crippen molar-refractivity contribution < 1.29 is 4.42 Å². The van der Waals surface area contributed by atoms with Crippen molar-refractivity contribution in [2.45, 2.75) is 6.54 Å². The van der Waals surface area contributed by atoms with Crippen molar-refractivity contribution in [3.05, 3.63) is 56.3 Å². The Kier molecular flexibility index (Phi) is 3.23. The predicted molar refractivity (Wildman–Crippen MR) is 76.9 cm³/mol. The molecule has 0 amide bonds. The molecule has 2 aromatic heterocycles. The number of aromatic nitrogens is 1. The van der Waals surface area contributed by atoms with E-state index >= 15 is 0 Å². The van der Waals surface area contributed by atoms with Crippen LogP contribution >= 0.6 is 22.9 Å². The smallest absolute Gasteiger partial charge is 0.336 e. The Morgan fingerprint density at radius 2 is 2.21 bits per heavy atom. The van der Waals surface area contributed by atoms with Gasteiger partial charge in [-0.3, -0.25) is 0 Å². The van der Waals surface area contributed by atoms with Crippen LogP contribution in [0.15, 0.2) is 45.7 Å². The van der Waals surface area contributed by atoms with Gasteiger partial charge in [-0.2, -0.15) is 0 Å². The Hall–Kier alpha value is -1.85. The van der Waals surface area contributed by atoms with Crippen molar-refractivity contribution in [3.63, 3.8) is 0 Å². The van der Waals surface area contributed by atoms with E-state index in [0.29, 0.717) is 16.6 Å². The minimum atomic E-state index is -0.340. The van der Waals surface area contributed by atoms with Crippen LogP contribution < -0.4 is 10.9 Å². The maximum absolute atomic E-state index is 11.1. The van der Waals surface area contributed by atoms with Crippen LogP contribution in [0, 0.1) is 0 Å². The van der Waals surface area contributed by atoms with Crippen molar-refractivity contribution in [2.75, 3.05) is 5.32 Å². The fourth-order valence-corrected chi connectivity index (χ4v) is 2.65. The molecule has 0 radical (unpaired) electrons. The Morgan fingerprint density at radius 3 is 3.00 bits per heavy atom. The van der Waals surface area contributed by atoms with Crippen LogP contribution in [0.1, 0.15) is 4.88 Å². The van der Waals surface area contributed by atoms with Gasteiger partial charge in [0.25, 0.3) is 0 Å². The zero-order valence-corrected chi connectivity index (χ0v) is 11.3. The molecule has 1 N–H and O–H groups in total. The molecule has 0 aliphatic heterocycles. The molecular weight excluding hydrogens is 284 g/mol. The highest BCUT2D eigenvalue weighted by Crippen LogP contribution is 2.21. The van der Waals surface area contributed by atoms with Crippen LogP contribution in [0.3, 0.4) is 0 Å². The second-order valence-corrected chi connectivity index (χ2v) is 5.64. The molecule has 6 heteroatoms. The Bertz CT molecular complexity index is 781. The van der Waals surface area contributed by atoms with E-state index in [9.17, 15) is 4.79 Å². The number of benzene rings is 1. The lowest BCUT2D eigenvalue weighted by atomic mass is 10.2. The average molecular weight is 293 g/mol. The van der Waals surface area contributed by atoms with Crippen molar-refractivity contribution >= 4 is 39.6 Å². The van der Waals surface area contributed by atoms with Gasteiger partial charge in [0.1, 0.15) is 5.58 Å². The SMILES string of the molecule is O=c1ccc2cc(NCc3cnc(Cl)s3)ccc2o1. The van der Waals surface area contributed by atoms with Gasteiger partial charge in [-0.15, -0.1) is 11.3 Å². The largest absolute Gasteiger partial charge is 0.423 e. The summed E-state index contributed by atoms with van der Waals surface area (Å²) in [6, 6.07) is 8.73. The molecule has 19 heavy (non-hydrogen) atoms. The summed E-state index contributed by atoms with van der Waals surface area (Å²) in [6.45, 7) is 0.659. The van der Waals surface area contributed by atoms with Gasteiger partial charge in [0.05, 0.1) is 6.54 Å². The summed E-state index contributed by atoms with van der Waals surface area (Å²) in [4.78, 5) is 16.1. The normalized spacial score (nSPS) is 10.8. The second-order valence-electron chi connectivity index (χ2n) is 3.94. The maximum Gasteiger partial charge on any atom is 0.336 e. The van der Waals surface area contributed by atoms with Crippen LogP contribution in [0.25, 0.3) is 11.0 Å². The molecule has 0 spiro atoms. The van der Waals surface area contributed by atoms with Crippen LogP contribution in [0.2, 0.25) is 4.47 Å². The number of hydrogen-bond donors (Lipinski definition) is 1. The van der Waals surface area contributed by atoms with Gasteiger partial charge in [-0.25, -0.2) is 9.78 Å². The highest BCUT2D eigenvalue weighted by Gasteiger charge is 2.01. The second kappa shape index (κ2) is 5.03. The molecule has 2 heterocycles. The van der Waals surface area contributed by atoms with Gasteiger partial charge in [0.15, 0.2) is 4.47 Å². The lowest BCUT2D eigenvalue weighted by Crippen LogP contribution is -1.98. The van der Waals surface area contributed by atoms with E-state index < -0.39 is 0 Å². The molecule has 0 saturated carbocycles. The first-order valence-corrected chi connectivity index (χ1v) is 6.78. The zero-order chi connectivity index (χ0) is 13.2. The number of halogens is 1. The summed E-state index contributed by atoms with van der Waals surface area (Å²) < 4.78 is 5.61. The fourth-order valence-electron chi connectivity index (χ4n) is 1.74. The fraction of sp³-hybridized carbons (Fsp3) is 0.0769. The highest BCUT2D eigenvalue weighted by molar-refractivity contribution is 7.15. The zero-order valence-electron chi connectivity index (χ0n) is 9.72. The summed E-state index contributed by atoms with van der Waals surface area (Å²) in [6.07, 6.45) is 1.75. The molecule has 0 bridgehead atoms. The molecule has 0 aliphatic rings. The van der Waals surface area contributed by atoms with Crippen LogP contribution in [-0.2, 0) is 6.54 Å². The maximum atomic E-state index is 11.1. The van der Waals surface area contributed by atoms with Crippen LogP contribution in [-0.4, -0.2) is 4.98 Å². The number of anilines is 1. The Balaban J connectivity index is 1.81. The van der Waals surface area contributed by atoms with Crippen LogP contribution in [0.4, 0.5) is 5.69 Å². The molecule has 4 nitrogen and oxygen atoms in total. The molecule has 0 fully saturated rings. The number of nitrogens with one attached hydrogen (secondary N) is 1. The third kappa shape index (κ3) is 2.77. The first-order valence-electron chi connectivity index (χ1n) is 5.59. The van der Waals surface area contributed by atoms with E-state index in [-0.39, 0.29) is 5.63 Å². The third-order valence-electron chi connectivity index (χ3n) is 2.61. The van der Waals surface area contributed by atoms with Crippen LogP contribution in [0.5, 0.6) is 0 Å². The molecular formula is C13H9ClN2O2S. The van der Waals surface area contributed by atoms with Crippen molar-refractivity contribution in [3.8, 4) is 0 Å². The molecule has 96 valence electrons. The summed E-state index contributed by atoms with van der Waals surface area (Å²) in [5.41, 5.74) is 1.19. The highest BCUT2D eigenvalue weighted by atomic mass is 35.5. The predicted octanol–water partition coefficient (Wildman–Crippen LogP) is 3.52. The summed E-state index contributed by atoms with van der Waals surface area (Å²) >= 11 is 7.22. The van der Waals surface area contributed by atoms with Gasteiger partial charge in [-0.05, 0) is 24.3 Å². The van der Waals surface area contributed by atoms with E-state index in [1.165, 1.54) is 17.4 Å². The van der Waals surface area contributed by atoms with E-state index in [4.69, 9.17) is 16.0 Å². The average Bonchev–Trinajstić information content (AvgIpc) is 2.82. The summed E-state index contributed by atoms with van der Waals surface area (Å²) in [5, 5.41) is 4.15.